The van der Waals surface area contributed by atoms with Crippen LogP contribution in [0, 0.1) is 11.3 Å². The number of nitriles is 1. The average Bonchev–Trinajstić information content (AvgIpc) is 3.44. The van der Waals surface area contributed by atoms with Crippen LogP contribution >= 0.6 is 0 Å². The molecule has 174 valence electrons. The summed E-state index contributed by atoms with van der Waals surface area (Å²) >= 11 is 0. The molecule has 6 nitrogen and oxygen atoms in total. The first-order valence-corrected chi connectivity index (χ1v) is 12.1. The molecule has 1 fully saturated rings. The minimum Gasteiger partial charge on any atom is -0.457 e. The second-order valence-electron chi connectivity index (χ2n) is 9.41. The van der Waals surface area contributed by atoms with Crippen molar-refractivity contribution in [2.24, 2.45) is 0 Å². The number of nitrogens with one attached hydrogen (secondary N) is 2. The Labute approximate surface area is 205 Å². The van der Waals surface area contributed by atoms with Crippen LogP contribution in [0.1, 0.15) is 24.0 Å². The molecular formula is C29H27N5O. The van der Waals surface area contributed by atoms with Crippen molar-refractivity contribution >= 4 is 5.82 Å². The van der Waals surface area contributed by atoms with Crippen molar-refractivity contribution in [1.82, 2.24) is 15.1 Å². The minimum absolute atomic E-state index is 0.125. The van der Waals surface area contributed by atoms with E-state index in [0.29, 0.717) is 11.6 Å². The summed E-state index contributed by atoms with van der Waals surface area (Å²) in [7, 11) is 0. The molecule has 4 aromatic rings. The molecule has 2 N–H and O–H groups in total. The van der Waals surface area contributed by atoms with Crippen molar-refractivity contribution < 1.29 is 4.74 Å². The van der Waals surface area contributed by atoms with Gasteiger partial charge in [-0.15, -0.1) is 0 Å². The van der Waals surface area contributed by atoms with Gasteiger partial charge in [0.15, 0.2) is 0 Å². The van der Waals surface area contributed by atoms with Crippen molar-refractivity contribution in [3.63, 3.8) is 0 Å². The summed E-state index contributed by atoms with van der Waals surface area (Å²) in [5.74, 6) is 2.38. The quantitative estimate of drug-likeness (QED) is 0.420. The number of rotatable bonds is 5. The zero-order valence-electron chi connectivity index (χ0n) is 19.4. The van der Waals surface area contributed by atoms with Crippen LogP contribution in [0.5, 0.6) is 11.5 Å². The number of hydrogen-bond donors (Lipinski definition) is 2. The number of para-hydroxylation sites is 1. The number of nitrogens with zero attached hydrogens (tertiary/aromatic N) is 3. The summed E-state index contributed by atoms with van der Waals surface area (Å²) in [4.78, 5) is 0. The Bertz CT molecular complexity index is 1360. The number of anilines is 1. The lowest BCUT2D eigenvalue weighted by Gasteiger charge is -2.38. The van der Waals surface area contributed by atoms with Gasteiger partial charge in [-0.25, -0.2) is 4.68 Å². The standard InChI is InChI=1S/C29H27N5O/c30-19-26-27(22-11-13-25(14-12-22)35-24-9-5-2-6-10-24)33-34-28(26)32-20-29(34)15-16-31-23(18-29)17-21-7-3-1-4-8-21/h1-14,23,31-32H,15-18,20H2. The summed E-state index contributed by atoms with van der Waals surface area (Å²) in [6, 6.07) is 30.9. The fraction of sp³-hybridized carbons (Fsp3) is 0.241. The molecule has 0 radical (unpaired) electrons. The molecule has 1 aromatic heterocycles. The predicted octanol–water partition coefficient (Wildman–Crippen LogP) is 5.33. The smallest absolute Gasteiger partial charge is 0.143 e. The molecule has 1 spiro atoms. The van der Waals surface area contributed by atoms with Gasteiger partial charge in [-0.3, -0.25) is 0 Å². The number of aromatic nitrogens is 2. The summed E-state index contributed by atoms with van der Waals surface area (Å²) < 4.78 is 8.03. The van der Waals surface area contributed by atoms with Crippen LogP contribution < -0.4 is 15.4 Å². The first-order chi connectivity index (χ1) is 17.2. The fourth-order valence-electron chi connectivity index (χ4n) is 5.40. The average molecular weight is 462 g/mol. The topological polar surface area (TPSA) is 74.9 Å². The summed E-state index contributed by atoms with van der Waals surface area (Å²) in [5.41, 5.74) is 3.45. The molecule has 3 heterocycles. The molecule has 35 heavy (non-hydrogen) atoms. The highest BCUT2D eigenvalue weighted by Crippen LogP contribution is 2.42. The maximum absolute atomic E-state index is 10.0. The Kier molecular flexibility index (Phi) is 5.48. The molecule has 2 atom stereocenters. The number of fused-ring (bicyclic) bond motifs is 2. The largest absolute Gasteiger partial charge is 0.457 e. The molecule has 1 saturated heterocycles. The lowest BCUT2D eigenvalue weighted by atomic mass is 9.83. The third-order valence-corrected chi connectivity index (χ3v) is 7.11. The SMILES string of the molecule is N#Cc1c(-c2ccc(Oc3ccccc3)cc2)nn2c1NCC21CCNC(Cc2ccccc2)C1. The van der Waals surface area contributed by atoms with Gasteiger partial charge in [-0.2, -0.15) is 10.4 Å². The van der Waals surface area contributed by atoms with E-state index in [4.69, 9.17) is 9.84 Å². The van der Waals surface area contributed by atoms with E-state index >= 15 is 0 Å². The first kappa shape index (κ1) is 21.5. The van der Waals surface area contributed by atoms with Crippen molar-refractivity contribution in [2.75, 3.05) is 18.4 Å². The highest BCUT2D eigenvalue weighted by atomic mass is 16.5. The maximum Gasteiger partial charge on any atom is 0.143 e. The third kappa shape index (κ3) is 4.05. The molecule has 2 unspecified atom stereocenters. The van der Waals surface area contributed by atoms with Crippen molar-refractivity contribution in [1.29, 1.82) is 5.26 Å². The number of ether oxygens (including phenoxy) is 1. The third-order valence-electron chi connectivity index (χ3n) is 7.11. The normalized spacial score (nSPS) is 20.7. The Morgan fingerprint density at radius 1 is 0.971 bits per heavy atom. The molecule has 0 saturated carbocycles. The van der Waals surface area contributed by atoms with Crippen LogP contribution in [0.2, 0.25) is 0 Å². The first-order valence-electron chi connectivity index (χ1n) is 12.1. The zero-order chi connectivity index (χ0) is 23.7. The molecule has 0 aliphatic carbocycles. The van der Waals surface area contributed by atoms with Crippen LogP contribution in [0.15, 0.2) is 84.9 Å². The van der Waals surface area contributed by atoms with Gasteiger partial charge >= 0.3 is 0 Å². The van der Waals surface area contributed by atoms with E-state index in [-0.39, 0.29) is 5.54 Å². The minimum atomic E-state index is -0.125. The summed E-state index contributed by atoms with van der Waals surface area (Å²) in [6.07, 6.45) is 2.94. The molecule has 2 aliphatic rings. The molecule has 2 aliphatic heterocycles. The second kappa shape index (κ2) is 8.94. The zero-order valence-corrected chi connectivity index (χ0v) is 19.4. The summed E-state index contributed by atoms with van der Waals surface area (Å²) in [5, 5.41) is 22.3. The lowest BCUT2D eigenvalue weighted by Crippen LogP contribution is -2.51. The molecule has 0 bridgehead atoms. The molecule has 6 rings (SSSR count). The second-order valence-corrected chi connectivity index (χ2v) is 9.41. The van der Waals surface area contributed by atoms with Gasteiger partial charge in [0.25, 0.3) is 0 Å². The van der Waals surface area contributed by atoms with Crippen molar-refractivity contribution in [3.8, 4) is 28.8 Å². The number of hydrogen-bond acceptors (Lipinski definition) is 5. The van der Waals surface area contributed by atoms with E-state index in [1.807, 2.05) is 54.6 Å². The molecule has 6 heteroatoms. The van der Waals surface area contributed by atoms with Gasteiger partial charge in [0.05, 0.1) is 5.54 Å². The van der Waals surface area contributed by atoms with Gasteiger partial charge in [-0.1, -0.05) is 48.5 Å². The van der Waals surface area contributed by atoms with Crippen molar-refractivity contribution in [2.45, 2.75) is 30.8 Å². The Balaban J connectivity index is 1.27. The van der Waals surface area contributed by atoms with E-state index in [1.165, 1.54) is 5.56 Å². The molecular weight excluding hydrogens is 434 g/mol. The molecule has 3 aromatic carbocycles. The maximum atomic E-state index is 10.0. The van der Waals surface area contributed by atoms with Gasteiger partial charge < -0.3 is 15.4 Å². The molecule has 0 amide bonds. The van der Waals surface area contributed by atoms with Gasteiger partial charge in [0.1, 0.15) is 34.6 Å². The van der Waals surface area contributed by atoms with Crippen LogP contribution in [-0.2, 0) is 12.0 Å². The highest BCUT2D eigenvalue weighted by molar-refractivity contribution is 5.75. The van der Waals surface area contributed by atoms with Crippen LogP contribution in [-0.4, -0.2) is 28.9 Å². The van der Waals surface area contributed by atoms with E-state index in [0.717, 1.165) is 60.9 Å². The van der Waals surface area contributed by atoms with E-state index in [9.17, 15) is 5.26 Å². The van der Waals surface area contributed by atoms with E-state index in [2.05, 4.69) is 51.7 Å². The highest BCUT2D eigenvalue weighted by Gasteiger charge is 2.45. The summed E-state index contributed by atoms with van der Waals surface area (Å²) in [6.45, 7) is 1.74. The number of piperidine rings is 1. The van der Waals surface area contributed by atoms with Gasteiger partial charge in [-0.05, 0) is 67.8 Å². The van der Waals surface area contributed by atoms with E-state index in [1.54, 1.807) is 0 Å². The lowest BCUT2D eigenvalue weighted by molar-refractivity contribution is 0.182. The van der Waals surface area contributed by atoms with Crippen molar-refractivity contribution in [3.05, 3.63) is 96.1 Å². The van der Waals surface area contributed by atoms with Crippen LogP contribution in [0.3, 0.4) is 0 Å². The van der Waals surface area contributed by atoms with Crippen LogP contribution in [0.25, 0.3) is 11.3 Å². The van der Waals surface area contributed by atoms with Crippen LogP contribution in [0.4, 0.5) is 5.82 Å². The number of benzene rings is 3. The van der Waals surface area contributed by atoms with Gasteiger partial charge in [0, 0.05) is 18.2 Å². The monoisotopic (exact) mass is 461 g/mol. The predicted molar refractivity (Wildman–Crippen MR) is 137 cm³/mol. The Morgan fingerprint density at radius 2 is 1.69 bits per heavy atom. The van der Waals surface area contributed by atoms with Gasteiger partial charge in [0.2, 0.25) is 0 Å². The van der Waals surface area contributed by atoms with E-state index < -0.39 is 0 Å². The Morgan fingerprint density at radius 3 is 2.43 bits per heavy atom. The Hall–Kier alpha value is -4.08. The fourth-order valence-corrected chi connectivity index (χ4v) is 5.40.